The highest BCUT2D eigenvalue weighted by Crippen LogP contribution is 2.29. The molecular formula is C20H23F2N3O2. The van der Waals surface area contributed by atoms with E-state index in [-0.39, 0.29) is 30.1 Å². The van der Waals surface area contributed by atoms with Crippen molar-refractivity contribution < 1.29 is 18.3 Å². The van der Waals surface area contributed by atoms with Crippen molar-refractivity contribution in [2.45, 2.75) is 25.5 Å². The van der Waals surface area contributed by atoms with E-state index in [2.05, 4.69) is 0 Å². The van der Waals surface area contributed by atoms with Crippen molar-refractivity contribution in [3.63, 3.8) is 0 Å². The number of likely N-dealkylation sites (tertiary alicyclic amines) is 1. The molecule has 0 atom stereocenters. The molecule has 0 spiro atoms. The molecule has 0 saturated carbocycles. The van der Waals surface area contributed by atoms with Crippen LogP contribution in [0.3, 0.4) is 0 Å². The Kier molecular flexibility index (Phi) is 5.78. The number of hydrogen-bond donors (Lipinski definition) is 1. The number of nitrogen functional groups attached to an aromatic ring is 1. The molecule has 2 aromatic carbocycles. The molecule has 2 N–H and O–H groups in total. The number of anilines is 2. The first-order chi connectivity index (χ1) is 13.0. The fourth-order valence-corrected chi connectivity index (χ4v) is 3.35. The molecule has 1 saturated heterocycles. The number of amides is 1. The maximum Gasteiger partial charge on any atom is 0.410 e. The first-order valence-corrected chi connectivity index (χ1v) is 8.88. The highest BCUT2D eigenvalue weighted by Gasteiger charge is 2.28. The molecule has 3 rings (SSSR count). The topological polar surface area (TPSA) is 58.8 Å². The quantitative estimate of drug-likeness (QED) is 0.826. The van der Waals surface area contributed by atoms with E-state index in [9.17, 15) is 13.6 Å². The molecule has 1 fully saturated rings. The second kappa shape index (κ2) is 8.24. The van der Waals surface area contributed by atoms with Crippen molar-refractivity contribution in [2.75, 3.05) is 30.8 Å². The van der Waals surface area contributed by atoms with E-state index < -0.39 is 11.6 Å². The van der Waals surface area contributed by atoms with Crippen LogP contribution in [-0.2, 0) is 11.3 Å². The van der Waals surface area contributed by atoms with Crippen LogP contribution >= 0.6 is 0 Å². The third kappa shape index (κ3) is 4.48. The molecule has 5 nitrogen and oxygen atoms in total. The maximum atomic E-state index is 14.1. The van der Waals surface area contributed by atoms with Crippen LogP contribution in [0.4, 0.5) is 25.0 Å². The van der Waals surface area contributed by atoms with Crippen LogP contribution in [-0.4, -0.2) is 37.2 Å². The van der Waals surface area contributed by atoms with Crippen LogP contribution in [0.15, 0.2) is 42.5 Å². The number of benzene rings is 2. The standard InChI is InChI=1S/C20H23F2N3O2/c1-24(19-17(21)11-15(23)12-18(19)22)16-7-9-25(10-8-16)20(26)27-13-14-5-3-2-4-6-14/h2-6,11-12,16H,7-10,13,23H2,1H3. The number of hydrogen-bond acceptors (Lipinski definition) is 4. The summed E-state index contributed by atoms with van der Waals surface area (Å²) < 4.78 is 33.6. The van der Waals surface area contributed by atoms with Gasteiger partial charge in [-0.3, -0.25) is 0 Å². The summed E-state index contributed by atoms with van der Waals surface area (Å²) in [6, 6.07) is 11.6. The van der Waals surface area contributed by atoms with Crippen molar-refractivity contribution in [1.29, 1.82) is 0 Å². The van der Waals surface area contributed by atoms with Gasteiger partial charge in [0.1, 0.15) is 12.3 Å². The number of nitrogens with zero attached hydrogens (tertiary/aromatic N) is 2. The van der Waals surface area contributed by atoms with Gasteiger partial charge in [-0.05, 0) is 30.5 Å². The number of halogens is 2. The summed E-state index contributed by atoms with van der Waals surface area (Å²) in [4.78, 5) is 15.4. The van der Waals surface area contributed by atoms with Crippen LogP contribution < -0.4 is 10.6 Å². The molecule has 0 radical (unpaired) electrons. The molecule has 0 aromatic heterocycles. The molecule has 2 aromatic rings. The molecule has 1 heterocycles. The zero-order chi connectivity index (χ0) is 19.4. The van der Waals surface area contributed by atoms with Crippen molar-refractivity contribution in [3.05, 3.63) is 59.7 Å². The van der Waals surface area contributed by atoms with Gasteiger partial charge >= 0.3 is 6.09 Å². The summed E-state index contributed by atoms with van der Waals surface area (Å²) in [5, 5.41) is 0. The van der Waals surface area contributed by atoms with E-state index in [1.807, 2.05) is 30.3 Å². The Hall–Kier alpha value is -2.83. The SMILES string of the molecule is CN(c1c(F)cc(N)cc1F)C1CCN(C(=O)OCc2ccccc2)CC1. The van der Waals surface area contributed by atoms with Gasteiger partial charge in [-0.2, -0.15) is 0 Å². The second-order valence-electron chi connectivity index (χ2n) is 6.70. The smallest absolute Gasteiger partial charge is 0.410 e. The van der Waals surface area contributed by atoms with Crippen molar-refractivity contribution in [1.82, 2.24) is 4.90 Å². The van der Waals surface area contributed by atoms with Gasteiger partial charge in [0.25, 0.3) is 0 Å². The Labute approximate surface area is 157 Å². The lowest BCUT2D eigenvalue weighted by Gasteiger charge is -2.37. The minimum Gasteiger partial charge on any atom is -0.445 e. The molecule has 7 heteroatoms. The lowest BCUT2D eigenvalue weighted by atomic mass is 10.0. The largest absolute Gasteiger partial charge is 0.445 e. The summed E-state index contributed by atoms with van der Waals surface area (Å²) in [7, 11) is 1.66. The highest BCUT2D eigenvalue weighted by atomic mass is 19.1. The lowest BCUT2D eigenvalue weighted by Crippen LogP contribution is -2.46. The van der Waals surface area contributed by atoms with E-state index in [4.69, 9.17) is 10.5 Å². The van der Waals surface area contributed by atoms with Crippen LogP contribution in [0.5, 0.6) is 0 Å². The zero-order valence-corrected chi connectivity index (χ0v) is 15.2. The number of carbonyl (C=O) groups is 1. The van der Waals surface area contributed by atoms with Crippen LogP contribution in [0.25, 0.3) is 0 Å². The third-order valence-corrected chi connectivity index (χ3v) is 4.87. The third-order valence-electron chi connectivity index (χ3n) is 4.87. The zero-order valence-electron chi connectivity index (χ0n) is 15.2. The Morgan fingerprint density at radius 1 is 1.19 bits per heavy atom. The lowest BCUT2D eigenvalue weighted by molar-refractivity contribution is 0.0870. The molecule has 1 aliphatic rings. The van der Waals surface area contributed by atoms with Gasteiger partial charge in [-0.1, -0.05) is 30.3 Å². The minimum absolute atomic E-state index is 0.0538. The normalized spacial score (nSPS) is 14.9. The van der Waals surface area contributed by atoms with Crippen LogP contribution in [0, 0.1) is 11.6 Å². The highest BCUT2D eigenvalue weighted by molar-refractivity contribution is 5.67. The van der Waals surface area contributed by atoms with Crippen molar-refractivity contribution in [3.8, 4) is 0 Å². The fourth-order valence-electron chi connectivity index (χ4n) is 3.35. The minimum atomic E-state index is -0.681. The molecule has 0 bridgehead atoms. The van der Waals surface area contributed by atoms with Gasteiger partial charge in [0, 0.05) is 31.9 Å². The summed E-state index contributed by atoms with van der Waals surface area (Å²) >= 11 is 0. The molecule has 0 aliphatic carbocycles. The first kappa shape index (κ1) is 18.9. The molecule has 1 amide bonds. The van der Waals surface area contributed by atoms with Crippen molar-refractivity contribution in [2.24, 2.45) is 0 Å². The molecule has 27 heavy (non-hydrogen) atoms. The van der Waals surface area contributed by atoms with E-state index in [1.165, 1.54) is 0 Å². The van der Waals surface area contributed by atoms with Gasteiger partial charge in [0.2, 0.25) is 0 Å². The summed E-state index contributed by atoms with van der Waals surface area (Å²) in [6.45, 7) is 1.17. The van der Waals surface area contributed by atoms with E-state index in [0.717, 1.165) is 17.7 Å². The molecule has 0 unspecified atom stereocenters. The first-order valence-electron chi connectivity index (χ1n) is 8.88. The van der Waals surface area contributed by atoms with Gasteiger partial charge in [-0.15, -0.1) is 0 Å². The predicted octanol–water partition coefficient (Wildman–Crippen LogP) is 3.78. The Morgan fingerprint density at radius 3 is 2.37 bits per heavy atom. The average Bonchev–Trinajstić information content (AvgIpc) is 2.66. The number of rotatable bonds is 4. The van der Waals surface area contributed by atoms with Gasteiger partial charge in [0.05, 0.1) is 0 Å². The molecule has 144 valence electrons. The Bertz CT molecular complexity index is 770. The Balaban J connectivity index is 1.55. The molecule has 1 aliphatic heterocycles. The van der Waals surface area contributed by atoms with Gasteiger partial charge in [0.15, 0.2) is 11.6 Å². The summed E-state index contributed by atoms with van der Waals surface area (Å²) in [5.41, 5.74) is 6.36. The number of carbonyl (C=O) groups excluding carboxylic acids is 1. The van der Waals surface area contributed by atoms with Gasteiger partial charge in [-0.25, -0.2) is 13.6 Å². The van der Waals surface area contributed by atoms with Crippen LogP contribution in [0.1, 0.15) is 18.4 Å². The summed E-state index contributed by atoms with van der Waals surface area (Å²) in [5.74, 6) is -1.36. The Morgan fingerprint density at radius 2 is 1.78 bits per heavy atom. The van der Waals surface area contributed by atoms with Crippen molar-refractivity contribution >= 4 is 17.5 Å². The van der Waals surface area contributed by atoms with E-state index in [0.29, 0.717) is 25.9 Å². The van der Waals surface area contributed by atoms with Gasteiger partial charge < -0.3 is 20.3 Å². The number of ether oxygens (including phenoxy) is 1. The number of nitrogens with two attached hydrogens (primary N) is 1. The fraction of sp³-hybridized carbons (Fsp3) is 0.350. The predicted molar refractivity (Wildman–Crippen MR) is 100 cm³/mol. The maximum absolute atomic E-state index is 14.1. The number of piperidine rings is 1. The van der Waals surface area contributed by atoms with E-state index >= 15 is 0 Å². The van der Waals surface area contributed by atoms with Crippen LogP contribution in [0.2, 0.25) is 0 Å². The second-order valence-corrected chi connectivity index (χ2v) is 6.70. The average molecular weight is 375 g/mol. The summed E-state index contributed by atoms with van der Waals surface area (Å²) in [6.07, 6.45) is 0.824. The molecular weight excluding hydrogens is 352 g/mol. The van der Waals surface area contributed by atoms with E-state index in [1.54, 1.807) is 16.8 Å². The monoisotopic (exact) mass is 375 g/mol.